The molecule has 5 nitrogen and oxygen atoms in total. The Morgan fingerprint density at radius 1 is 1.22 bits per heavy atom. The lowest BCUT2D eigenvalue weighted by molar-refractivity contribution is 0.188. The van der Waals surface area contributed by atoms with Gasteiger partial charge < -0.3 is 19.7 Å². The number of para-hydroxylation sites is 2. The van der Waals surface area contributed by atoms with Crippen molar-refractivity contribution in [1.82, 2.24) is 10.2 Å². The lowest BCUT2D eigenvalue weighted by Gasteiger charge is -2.19. The van der Waals surface area contributed by atoms with E-state index in [1.54, 1.807) is 18.1 Å². The standard InChI is InChI=1S/C13H20N2O3/c1-4-15(5-2)13(16)14-10-18-12-9-7-6-8-11(12)17-3/h6-9H,4-5,10H2,1-3H3,(H,14,16). The predicted molar refractivity (Wildman–Crippen MR) is 69.9 cm³/mol. The van der Waals surface area contributed by atoms with Gasteiger partial charge in [0.1, 0.15) is 0 Å². The molecular weight excluding hydrogens is 232 g/mol. The van der Waals surface area contributed by atoms with E-state index in [0.29, 0.717) is 24.6 Å². The Kier molecular flexibility index (Phi) is 5.84. The zero-order chi connectivity index (χ0) is 13.4. The lowest BCUT2D eigenvalue weighted by atomic mass is 10.3. The van der Waals surface area contributed by atoms with E-state index in [4.69, 9.17) is 9.47 Å². The van der Waals surface area contributed by atoms with Gasteiger partial charge >= 0.3 is 6.03 Å². The number of nitrogens with zero attached hydrogens (tertiary/aromatic N) is 1. The monoisotopic (exact) mass is 252 g/mol. The number of benzene rings is 1. The lowest BCUT2D eigenvalue weighted by Crippen LogP contribution is -2.41. The molecule has 0 aliphatic carbocycles. The van der Waals surface area contributed by atoms with Gasteiger partial charge in [-0.25, -0.2) is 4.79 Å². The highest BCUT2D eigenvalue weighted by Crippen LogP contribution is 2.25. The van der Waals surface area contributed by atoms with Gasteiger partial charge in [0.05, 0.1) is 7.11 Å². The predicted octanol–water partition coefficient (Wildman–Crippen LogP) is 2.08. The summed E-state index contributed by atoms with van der Waals surface area (Å²) in [7, 11) is 1.58. The van der Waals surface area contributed by atoms with Gasteiger partial charge in [-0.2, -0.15) is 0 Å². The summed E-state index contributed by atoms with van der Waals surface area (Å²) in [6.07, 6.45) is 0. The maximum atomic E-state index is 11.7. The molecule has 0 unspecified atom stereocenters. The van der Waals surface area contributed by atoms with Crippen LogP contribution in [0.1, 0.15) is 13.8 Å². The van der Waals surface area contributed by atoms with Crippen molar-refractivity contribution in [2.45, 2.75) is 13.8 Å². The summed E-state index contributed by atoms with van der Waals surface area (Å²) >= 11 is 0. The van der Waals surface area contributed by atoms with Crippen LogP contribution in [0.2, 0.25) is 0 Å². The summed E-state index contributed by atoms with van der Waals surface area (Å²) in [6, 6.07) is 7.18. The Labute approximate surface area is 108 Å². The van der Waals surface area contributed by atoms with Crippen LogP contribution in [-0.2, 0) is 0 Å². The third-order valence-electron chi connectivity index (χ3n) is 2.57. The summed E-state index contributed by atoms with van der Waals surface area (Å²) in [6.45, 7) is 5.35. The molecule has 1 N–H and O–H groups in total. The van der Waals surface area contributed by atoms with Gasteiger partial charge in [0.25, 0.3) is 0 Å². The zero-order valence-corrected chi connectivity index (χ0v) is 11.1. The number of nitrogens with one attached hydrogen (secondary N) is 1. The van der Waals surface area contributed by atoms with Crippen molar-refractivity contribution in [1.29, 1.82) is 0 Å². The second-order valence-electron chi connectivity index (χ2n) is 3.59. The first-order chi connectivity index (χ1) is 8.72. The molecule has 1 aromatic rings. The SMILES string of the molecule is CCN(CC)C(=O)NCOc1ccccc1OC. The van der Waals surface area contributed by atoms with Gasteiger partial charge in [-0.3, -0.25) is 0 Å². The maximum Gasteiger partial charge on any atom is 0.319 e. The summed E-state index contributed by atoms with van der Waals surface area (Å²) < 4.78 is 10.6. The first kappa shape index (κ1) is 14.2. The molecule has 0 saturated carbocycles. The van der Waals surface area contributed by atoms with E-state index in [1.807, 2.05) is 32.0 Å². The first-order valence-corrected chi connectivity index (χ1v) is 6.01. The smallest absolute Gasteiger partial charge is 0.319 e. The Balaban J connectivity index is 2.44. The largest absolute Gasteiger partial charge is 0.493 e. The molecule has 0 aliphatic heterocycles. The van der Waals surface area contributed by atoms with Crippen LogP contribution < -0.4 is 14.8 Å². The normalized spacial score (nSPS) is 9.72. The van der Waals surface area contributed by atoms with Crippen LogP contribution in [0.3, 0.4) is 0 Å². The van der Waals surface area contributed by atoms with Crippen molar-refractivity contribution in [3.8, 4) is 11.5 Å². The quantitative estimate of drug-likeness (QED) is 0.789. The minimum atomic E-state index is -0.130. The molecule has 2 amide bonds. The molecule has 0 fully saturated rings. The van der Waals surface area contributed by atoms with E-state index >= 15 is 0 Å². The van der Waals surface area contributed by atoms with E-state index in [1.165, 1.54) is 0 Å². The first-order valence-electron chi connectivity index (χ1n) is 6.01. The molecule has 18 heavy (non-hydrogen) atoms. The van der Waals surface area contributed by atoms with Crippen LogP contribution in [0, 0.1) is 0 Å². The Morgan fingerprint density at radius 2 is 1.83 bits per heavy atom. The summed E-state index contributed by atoms with van der Waals surface area (Å²) in [5, 5.41) is 2.69. The molecule has 0 heterocycles. The van der Waals surface area contributed by atoms with Crippen LogP contribution in [0.4, 0.5) is 4.79 Å². The number of urea groups is 1. The van der Waals surface area contributed by atoms with Crippen LogP contribution >= 0.6 is 0 Å². The third-order valence-corrected chi connectivity index (χ3v) is 2.57. The number of hydrogen-bond donors (Lipinski definition) is 1. The fourth-order valence-corrected chi connectivity index (χ4v) is 1.54. The van der Waals surface area contributed by atoms with Crippen molar-refractivity contribution >= 4 is 6.03 Å². The highest BCUT2D eigenvalue weighted by atomic mass is 16.5. The molecule has 5 heteroatoms. The highest BCUT2D eigenvalue weighted by Gasteiger charge is 2.08. The number of amides is 2. The van der Waals surface area contributed by atoms with Gasteiger partial charge in [-0.1, -0.05) is 12.1 Å². The van der Waals surface area contributed by atoms with E-state index in [-0.39, 0.29) is 12.8 Å². The van der Waals surface area contributed by atoms with Crippen LogP contribution in [0.25, 0.3) is 0 Å². The van der Waals surface area contributed by atoms with E-state index in [0.717, 1.165) is 0 Å². The summed E-state index contributed by atoms with van der Waals surface area (Å²) in [5.74, 6) is 1.26. The molecular formula is C13H20N2O3. The fraction of sp³-hybridized carbons (Fsp3) is 0.462. The highest BCUT2D eigenvalue weighted by molar-refractivity contribution is 5.73. The molecule has 0 aliphatic rings. The molecule has 0 radical (unpaired) electrons. The maximum absolute atomic E-state index is 11.7. The topological polar surface area (TPSA) is 50.8 Å². The van der Waals surface area contributed by atoms with E-state index in [9.17, 15) is 4.79 Å². The molecule has 0 aromatic heterocycles. The number of carbonyl (C=O) groups is 1. The second kappa shape index (κ2) is 7.42. The molecule has 100 valence electrons. The van der Waals surface area contributed by atoms with Crippen LogP contribution in [0.15, 0.2) is 24.3 Å². The summed E-state index contributed by atoms with van der Waals surface area (Å²) in [4.78, 5) is 13.3. The van der Waals surface area contributed by atoms with Crippen molar-refractivity contribution in [2.24, 2.45) is 0 Å². The van der Waals surface area contributed by atoms with Crippen LogP contribution in [0.5, 0.6) is 11.5 Å². The average Bonchev–Trinajstić information content (AvgIpc) is 2.40. The van der Waals surface area contributed by atoms with Gasteiger partial charge in [0.15, 0.2) is 18.2 Å². The number of carbonyl (C=O) groups excluding carboxylic acids is 1. The molecule has 0 bridgehead atoms. The number of hydrogen-bond acceptors (Lipinski definition) is 3. The van der Waals surface area contributed by atoms with Gasteiger partial charge in [-0.15, -0.1) is 0 Å². The van der Waals surface area contributed by atoms with Crippen molar-refractivity contribution < 1.29 is 14.3 Å². The third kappa shape index (κ3) is 3.84. The zero-order valence-electron chi connectivity index (χ0n) is 11.1. The molecule has 0 saturated heterocycles. The minimum Gasteiger partial charge on any atom is -0.493 e. The Morgan fingerprint density at radius 3 is 2.39 bits per heavy atom. The fourth-order valence-electron chi connectivity index (χ4n) is 1.54. The summed E-state index contributed by atoms with van der Waals surface area (Å²) in [5.41, 5.74) is 0. The molecule has 0 spiro atoms. The van der Waals surface area contributed by atoms with Crippen molar-refractivity contribution in [2.75, 3.05) is 26.9 Å². The number of ether oxygens (including phenoxy) is 2. The minimum absolute atomic E-state index is 0.121. The molecule has 1 rings (SSSR count). The van der Waals surface area contributed by atoms with E-state index in [2.05, 4.69) is 5.32 Å². The van der Waals surface area contributed by atoms with Crippen LogP contribution in [-0.4, -0.2) is 37.9 Å². The van der Waals surface area contributed by atoms with Gasteiger partial charge in [-0.05, 0) is 26.0 Å². The number of rotatable bonds is 6. The average molecular weight is 252 g/mol. The Bertz CT molecular complexity index is 378. The van der Waals surface area contributed by atoms with Gasteiger partial charge in [0, 0.05) is 13.1 Å². The molecule has 0 atom stereocenters. The second-order valence-corrected chi connectivity index (χ2v) is 3.59. The number of methoxy groups -OCH3 is 1. The van der Waals surface area contributed by atoms with E-state index < -0.39 is 0 Å². The molecule has 1 aromatic carbocycles. The van der Waals surface area contributed by atoms with Gasteiger partial charge in [0.2, 0.25) is 0 Å². The Hall–Kier alpha value is -1.91. The van der Waals surface area contributed by atoms with Crippen molar-refractivity contribution in [3.63, 3.8) is 0 Å². The van der Waals surface area contributed by atoms with Crippen molar-refractivity contribution in [3.05, 3.63) is 24.3 Å².